The van der Waals surface area contributed by atoms with Crippen LogP contribution in [-0.2, 0) is 0 Å². The van der Waals surface area contributed by atoms with Gasteiger partial charge in [0.2, 0.25) is 11.8 Å². The lowest BCUT2D eigenvalue weighted by atomic mass is 10.2. The van der Waals surface area contributed by atoms with Crippen LogP contribution in [0.5, 0.6) is 5.88 Å². The molecule has 0 aliphatic rings. The monoisotopic (exact) mass is 205 g/mol. The summed E-state index contributed by atoms with van der Waals surface area (Å²) in [5, 5.41) is 3.16. The average Bonchev–Trinajstić information content (AvgIpc) is 2.29. The zero-order valence-electron chi connectivity index (χ0n) is 9.03. The molecule has 80 valence electrons. The molecular formula is C11H15N3O. The van der Waals surface area contributed by atoms with Crippen LogP contribution < -0.4 is 10.1 Å². The first-order chi connectivity index (χ1) is 7.30. The van der Waals surface area contributed by atoms with Gasteiger partial charge < -0.3 is 10.1 Å². The predicted octanol–water partition coefficient (Wildman–Crippen LogP) is 1.70. The summed E-state index contributed by atoms with van der Waals surface area (Å²) in [4.78, 5) is 8.23. The maximum Gasteiger partial charge on any atom is 0.226 e. The van der Waals surface area contributed by atoms with Crippen LogP contribution in [0.15, 0.2) is 12.3 Å². The highest BCUT2D eigenvalue weighted by Crippen LogP contribution is 2.10. The molecule has 1 rings (SSSR count). The molecule has 1 aromatic heterocycles. The molecule has 1 unspecified atom stereocenters. The second kappa shape index (κ2) is 5.86. The Morgan fingerprint density at radius 3 is 3.07 bits per heavy atom. The molecule has 0 amide bonds. The van der Waals surface area contributed by atoms with Crippen LogP contribution in [0.3, 0.4) is 0 Å². The van der Waals surface area contributed by atoms with Crippen LogP contribution in [0, 0.1) is 12.3 Å². The summed E-state index contributed by atoms with van der Waals surface area (Å²) in [6.07, 6.45) is 8.51. The fourth-order valence-corrected chi connectivity index (χ4v) is 1.15. The topological polar surface area (TPSA) is 47.0 Å². The van der Waals surface area contributed by atoms with Gasteiger partial charge in [0.1, 0.15) is 0 Å². The minimum Gasteiger partial charge on any atom is -0.481 e. The Hall–Kier alpha value is -1.76. The number of anilines is 1. The Balaban J connectivity index is 2.66. The van der Waals surface area contributed by atoms with E-state index in [2.05, 4.69) is 28.1 Å². The fraction of sp³-hybridized carbons (Fsp3) is 0.455. The number of hydrogen-bond acceptors (Lipinski definition) is 4. The van der Waals surface area contributed by atoms with Crippen molar-refractivity contribution in [2.45, 2.75) is 25.8 Å². The van der Waals surface area contributed by atoms with E-state index in [4.69, 9.17) is 11.2 Å². The first-order valence-corrected chi connectivity index (χ1v) is 4.87. The summed E-state index contributed by atoms with van der Waals surface area (Å²) in [5.74, 6) is 3.72. The van der Waals surface area contributed by atoms with Crippen LogP contribution in [-0.4, -0.2) is 23.1 Å². The largest absolute Gasteiger partial charge is 0.481 e. The molecule has 0 radical (unpaired) electrons. The highest BCUT2D eigenvalue weighted by atomic mass is 16.5. The third-order valence-electron chi connectivity index (χ3n) is 2.03. The summed E-state index contributed by atoms with van der Waals surface area (Å²) in [6.45, 7) is 2.06. The van der Waals surface area contributed by atoms with Crippen LogP contribution in [0.4, 0.5) is 5.95 Å². The molecule has 1 heterocycles. The van der Waals surface area contributed by atoms with E-state index >= 15 is 0 Å². The van der Waals surface area contributed by atoms with Gasteiger partial charge >= 0.3 is 0 Å². The normalized spacial score (nSPS) is 11.5. The lowest BCUT2D eigenvalue weighted by Crippen LogP contribution is -2.19. The van der Waals surface area contributed by atoms with E-state index in [9.17, 15) is 0 Å². The molecule has 0 bridgehead atoms. The van der Waals surface area contributed by atoms with Crippen molar-refractivity contribution < 1.29 is 4.74 Å². The minimum absolute atomic E-state index is 0.210. The zero-order chi connectivity index (χ0) is 11.1. The molecule has 1 aromatic rings. The quantitative estimate of drug-likeness (QED) is 0.743. The molecule has 0 aliphatic carbocycles. The Bertz CT molecular complexity index is 346. The van der Waals surface area contributed by atoms with Gasteiger partial charge in [0.05, 0.1) is 7.11 Å². The summed E-state index contributed by atoms with van der Waals surface area (Å²) < 4.78 is 5.00. The average molecular weight is 205 g/mol. The van der Waals surface area contributed by atoms with Gasteiger partial charge in [0, 0.05) is 24.7 Å². The molecule has 4 heteroatoms. The lowest BCUT2D eigenvalue weighted by molar-refractivity contribution is 0.397. The molecule has 0 spiro atoms. The summed E-state index contributed by atoms with van der Waals surface area (Å²) >= 11 is 0. The van der Waals surface area contributed by atoms with Gasteiger partial charge in [-0.15, -0.1) is 12.3 Å². The van der Waals surface area contributed by atoms with Crippen molar-refractivity contribution >= 4 is 5.95 Å². The molecule has 0 saturated carbocycles. The maximum absolute atomic E-state index is 5.26. The molecule has 0 aromatic carbocycles. The van der Waals surface area contributed by atoms with Crippen LogP contribution >= 0.6 is 0 Å². The van der Waals surface area contributed by atoms with E-state index in [1.54, 1.807) is 19.4 Å². The Kier molecular flexibility index (Phi) is 4.42. The lowest BCUT2D eigenvalue weighted by Gasteiger charge is -2.13. The predicted molar refractivity (Wildman–Crippen MR) is 59.7 cm³/mol. The number of ether oxygens (including phenoxy) is 1. The van der Waals surface area contributed by atoms with E-state index in [-0.39, 0.29) is 6.04 Å². The molecule has 0 saturated heterocycles. The summed E-state index contributed by atoms with van der Waals surface area (Å²) in [6, 6.07) is 1.91. The van der Waals surface area contributed by atoms with Gasteiger partial charge in [-0.2, -0.15) is 4.98 Å². The number of aromatic nitrogens is 2. The first-order valence-electron chi connectivity index (χ1n) is 4.87. The maximum atomic E-state index is 5.26. The number of rotatable bonds is 5. The van der Waals surface area contributed by atoms with Gasteiger partial charge in [0.25, 0.3) is 0 Å². The fourth-order valence-electron chi connectivity index (χ4n) is 1.15. The second-order valence-corrected chi connectivity index (χ2v) is 3.08. The van der Waals surface area contributed by atoms with E-state index in [0.29, 0.717) is 18.2 Å². The van der Waals surface area contributed by atoms with Gasteiger partial charge in [-0.05, 0) is 6.42 Å². The zero-order valence-corrected chi connectivity index (χ0v) is 9.03. The second-order valence-electron chi connectivity index (χ2n) is 3.08. The minimum atomic E-state index is 0.210. The Morgan fingerprint density at radius 1 is 1.67 bits per heavy atom. The molecular weight excluding hydrogens is 190 g/mol. The third-order valence-corrected chi connectivity index (χ3v) is 2.03. The van der Waals surface area contributed by atoms with Gasteiger partial charge in [-0.1, -0.05) is 6.92 Å². The summed E-state index contributed by atoms with van der Waals surface area (Å²) in [5.41, 5.74) is 0. The van der Waals surface area contributed by atoms with E-state index < -0.39 is 0 Å². The highest BCUT2D eigenvalue weighted by Gasteiger charge is 2.06. The summed E-state index contributed by atoms with van der Waals surface area (Å²) in [7, 11) is 1.57. The van der Waals surface area contributed by atoms with E-state index in [1.165, 1.54) is 0 Å². The molecule has 1 N–H and O–H groups in total. The van der Waals surface area contributed by atoms with Crippen molar-refractivity contribution in [3.63, 3.8) is 0 Å². The number of terminal acetylenes is 1. The van der Waals surface area contributed by atoms with Crippen LogP contribution in [0.2, 0.25) is 0 Å². The van der Waals surface area contributed by atoms with Crippen molar-refractivity contribution in [2.24, 2.45) is 0 Å². The Labute approximate surface area is 90.1 Å². The standard InChI is InChI=1S/C11H15N3O/c1-4-6-9(5-2)13-11-12-8-7-10(14-11)15-3/h1,7-9H,5-6H2,2-3H3,(H,12,13,14). The Morgan fingerprint density at radius 2 is 2.47 bits per heavy atom. The van der Waals surface area contributed by atoms with Crippen molar-refractivity contribution in [3.8, 4) is 18.2 Å². The molecule has 1 atom stereocenters. The molecule has 15 heavy (non-hydrogen) atoms. The van der Waals surface area contributed by atoms with Crippen LogP contribution in [0.25, 0.3) is 0 Å². The molecule has 0 aliphatic heterocycles. The number of methoxy groups -OCH3 is 1. The van der Waals surface area contributed by atoms with Crippen molar-refractivity contribution in [2.75, 3.05) is 12.4 Å². The SMILES string of the molecule is C#CCC(CC)Nc1nccc(OC)n1. The number of hydrogen-bond donors (Lipinski definition) is 1. The van der Waals surface area contributed by atoms with Gasteiger partial charge in [-0.3, -0.25) is 0 Å². The van der Waals surface area contributed by atoms with Gasteiger partial charge in [0.15, 0.2) is 0 Å². The number of nitrogens with zero attached hydrogens (tertiary/aromatic N) is 2. The molecule has 4 nitrogen and oxygen atoms in total. The van der Waals surface area contributed by atoms with Gasteiger partial charge in [-0.25, -0.2) is 4.98 Å². The third kappa shape index (κ3) is 3.47. The highest BCUT2D eigenvalue weighted by molar-refractivity contribution is 5.29. The van der Waals surface area contributed by atoms with Crippen molar-refractivity contribution in [3.05, 3.63) is 12.3 Å². The van der Waals surface area contributed by atoms with Crippen molar-refractivity contribution in [1.29, 1.82) is 0 Å². The van der Waals surface area contributed by atoms with E-state index in [1.807, 2.05) is 0 Å². The number of nitrogens with one attached hydrogen (secondary N) is 1. The molecule has 0 fully saturated rings. The van der Waals surface area contributed by atoms with Crippen LogP contribution in [0.1, 0.15) is 19.8 Å². The van der Waals surface area contributed by atoms with E-state index in [0.717, 1.165) is 6.42 Å². The first kappa shape index (κ1) is 11.3. The smallest absolute Gasteiger partial charge is 0.226 e. The van der Waals surface area contributed by atoms with Crippen molar-refractivity contribution in [1.82, 2.24) is 9.97 Å².